The Balaban J connectivity index is 2.05. The number of hydrogen-bond donors (Lipinski definition) is 2. The maximum absolute atomic E-state index is 13.1. The molecule has 1 aromatic heterocycles. The Bertz CT molecular complexity index is 532. The number of aromatic amines is 1. The maximum Gasteiger partial charge on any atom is 0.125 e. The van der Waals surface area contributed by atoms with Crippen LogP contribution in [0.3, 0.4) is 0 Å². The van der Waals surface area contributed by atoms with Crippen molar-refractivity contribution in [1.82, 2.24) is 10.3 Å². The summed E-state index contributed by atoms with van der Waals surface area (Å²) in [6, 6.07) is 5.02. The third-order valence-electron chi connectivity index (χ3n) is 3.86. The van der Waals surface area contributed by atoms with E-state index in [1.807, 2.05) is 6.07 Å². The molecule has 1 aromatic carbocycles. The quantitative estimate of drug-likeness (QED) is 0.777. The van der Waals surface area contributed by atoms with Crippen LogP contribution in [-0.2, 0) is 0 Å². The maximum atomic E-state index is 13.1. The van der Waals surface area contributed by atoms with Crippen molar-refractivity contribution < 1.29 is 4.39 Å². The lowest BCUT2D eigenvalue weighted by atomic mass is 9.82. The molecule has 3 rings (SSSR count). The zero-order valence-electron chi connectivity index (χ0n) is 9.96. The fourth-order valence-corrected chi connectivity index (χ4v) is 2.90. The van der Waals surface area contributed by atoms with Crippen LogP contribution in [0, 0.1) is 11.7 Å². The lowest BCUT2D eigenvalue weighted by molar-refractivity contribution is 0.351. The van der Waals surface area contributed by atoms with E-state index in [0.717, 1.165) is 25.0 Å². The molecule has 0 amide bonds. The third-order valence-corrected chi connectivity index (χ3v) is 3.86. The highest BCUT2D eigenvalue weighted by Crippen LogP contribution is 2.34. The summed E-state index contributed by atoms with van der Waals surface area (Å²) in [6.45, 7) is 4.42. The first-order valence-corrected chi connectivity index (χ1v) is 6.23. The summed E-state index contributed by atoms with van der Waals surface area (Å²) < 4.78 is 13.1. The summed E-state index contributed by atoms with van der Waals surface area (Å²) in [4.78, 5) is 3.19. The predicted octanol–water partition coefficient (Wildman–Crippen LogP) is 3.02. The van der Waals surface area contributed by atoms with Crippen LogP contribution in [0.2, 0.25) is 0 Å². The first kappa shape index (κ1) is 10.8. The Morgan fingerprint density at radius 2 is 2.24 bits per heavy atom. The van der Waals surface area contributed by atoms with Crippen LogP contribution >= 0.6 is 0 Å². The fourth-order valence-electron chi connectivity index (χ4n) is 2.90. The molecule has 2 nitrogen and oxygen atoms in total. The van der Waals surface area contributed by atoms with Gasteiger partial charge in [-0.3, -0.25) is 0 Å². The molecule has 90 valence electrons. The van der Waals surface area contributed by atoms with Crippen molar-refractivity contribution >= 4 is 10.9 Å². The molecule has 2 aromatic rings. The average Bonchev–Trinajstić information content (AvgIpc) is 2.72. The Morgan fingerprint density at radius 1 is 1.35 bits per heavy atom. The first-order valence-electron chi connectivity index (χ1n) is 6.23. The first-order chi connectivity index (χ1) is 8.25. The molecule has 0 saturated carbocycles. The topological polar surface area (TPSA) is 27.8 Å². The molecule has 1 aliphatic heterocycles. The van der Waals surface area contributed by atoms with Gasteiger partial charge in [-0.25, -0.2) is 4.39 Å². The van der Waals surface area contributed by atoms with Crippen molar-refractivity contribution in [2.45, 2.75) is 19.3 Å². The van der Waals surface area contributed by atoms with Crippen LogP contribution < -0.4 is 5.32 Å². The molecule has 0 radical (unpaired) electrons. The minimum absolute atomic E-state index is 0.177. The van der Waals surface area contributed by atoms with E-state index in [0.29, 0.717) is 11.8 Å². The molecule has 3 heteroatoms. The standard InChI is InChI=1S/C14H17FN2/c1-9-7-16-5-4-11(9)13-8-17-14-6-10(15)2-3-12(13)14/h2-3,6,8-9,11,16-17H,4-5,7H2,1H3. The highest BCUT2D eigenvalue weighted by Gasteiger charge is 2.24. The lowest BCUT2D eigenvalue weighted by Gasteiger charge is -2.29. The summed E-state index contributed by atoms with van der Waals surface area (Å²) in [5.74, 6) is 1.03. The van der Waals surface area contributed by atoms with Gasteiger partial charge in [0.05, 0.1) is 0 Å². The average molecular weight is 232 g/mol. The molecule has 0 bridgehead atoms. The minimum Gasteiger partial charge on any atom is -0.361 e. The van der Waals surface area contributed by atoms with Gasteiger partial charge in [-0.2, -0.15) is 0 Å². The molecule has 2 N–H and O–H groups in total. The molecule has 2 atom stereocenters. The molecule has 17 heavy (non-hydrogen) atoms. The molecule has 1 fully saturated rings. The molecular formula is C14H17FN2. The lowest BCUT2D eigenvalue weighted by Crippen LogP contribution is -2.33. The largest absolute Gasteiger partial charge is 0.361 e. The Kier molecular flexibility index (Phi) is 2.63. The molecule has 1 aliphatic rings. The van der Waals surface area contributed by atoms with E-state index in [1.54, 1.807) is 12.1 Å². The van der Waals surface area contributed by atoms with E-state index in [9.17, 15) is 4.39 Å². The smallest absolute Gasteiger partial charge is 0.125 e. The van der Waals surface area contributed by atoms with Gasteiger partial charge in [0.1, 0.15) is 5.82 Å². The number of fused-ring (bicyclic) bond motifs is 1. The number of halogens is 1. The van der Waals surface area contributed by atoms with Crippen molar-refractivity contribution in [3.05, 3.63) is 35.8 Å². The summed E-state index contributed by atoms with van der Waals surface area (Å²) in [5.41, 5.74) is 2.25. The second-order valence-electron chi connectivity index (χ2n) is 5.01. The van der Waals surface area contributed by atoms with Crippen LogP contribution in [0.5, 0.6) is 0 Å². The number of nitrogens with one attached hydrogen (secondary N) is 2. The molecule has 2 heterocycles. The van der Waals surface area contributed by atoms with Gasteiger partial charge in [0, 0.05) is 17.1 Å². The Morgan fingerprint density at radius 3 is 3.06 bits per heavy atom. The van der Waals surface area contributed by atoms with Gasteiger partial charge in [0.15, 0.2) is 0 Å². The zero-order chi connectivity index (χ0) is 11.8. The second kappa shape index (κ2) is 4.15. The van der Waals surface area contributed by atoms with Gasteiger partial charge in [0.25, 0.3) is 0 Å². The summed E-state index contributed by atoms with van der Waals surface area (Å²) in [5, 5.41) is 4.58. The zero-order valence-corrected chi connectivity index (χ0v) is 9.96. The van der Waals surface area contributed by atoms with Crippen LogP contribution in [0.4, 0.5) is 4.39 Å². The van der Waals surface area contributed by atoms with Gasteiger partial charge < -0.3 is 10.3 Å². The highest BCUT2D eigenvalue weighted by molar-refractivity contribution is 5.83. The fraction of sp³-hybridized carbons (Fsp3) is 0.429. The number of aromatic nitrogens is 1. The van der Waals surface area contributed by atoms with Crippen LogP contribution in [0.15, 0.2) is 24.4 Å². The predicted molar refractivity (Wildman–Crippen MR) is 67.6 cm³/mol. The molecule has 0 spiro atoms. The van der Waals surface area contributed by atoms with Crippen LogP contribution in [-0.4, -0.2) is 18.1 Å². The number of rotatable bonds is 1. The molecule has 0 aliphatic carbocycles. The van der Waals surface area contributed by atoms with Crippen molar-refractivity contribution in [2.75, 3.05) is 13.1 Å². The number of piperidine rings is 1. The monoisotopic (exact) mass is 232 g/mol. The summed E-state index contributed by atoms with van der Waals surface area (Å²) >= 11 is 0. The van der Waals surface area contributed by atoms with Crippen LogP contribution in [0.25, 0.3) is 10.9 Å². The third kappa shape index (κ3) is 1.84. The van der Waals surface area contributed by atoms with E-state index in [2.05, 4.69) is 23.4 Å². The second-order valence-corrected chi connectivity index (χ2v) is 5.01. The van der Waals surface area contributed by atoms with Crippen molar-refractivity contribution in [1.29, 1.82) is 0 Å². The minimum atomic E-state index is -0.177. The van der Waals surface area contributed by atoms with E-state index < -0.39 is 0 Å². The van der Waals surface area contributed by atoms with Crippen molar-refractivity contribution in [2.24, 2.45) is 5.92 Å². The van der Waals surface area contributed by atoms with Crippen LogP contribution in [0.1, 0.15) is 24.8 Å². The van der Waals surface area contributed by atoms with Gasteiger partial charge in [-0.15, -0.1) is 0 Å². The van der Waals surface area contributed by atoms with Crippen molar-refractivity contribution in [3.63, 3.8) is 0 Å². The SMILES string of the molecule is CC1CNCCC1c1c[nH]c2cc(F)ccc12. The molecular weight excluding hydrogens is 215 g/mol. The van der Waals surface area contributed by atoms with Gasteiger partial charge in [-0.1, -0.05) is 6.92 Å². The van der Waals surface area contributed by atoms with Gasteiger partial charge >= 0.3 is 0 Å². The number of benzene rings is 1. The number of H-pyrrole nitrogens is 1. The summed E-state index contributed by atoms with van der Waals surface area (Å²) in [7, 11) is 0. The van der Waals surface area contributed by atoms with Crippen molar-refractivity contribution in [3.8, 4) is 0 Å². The van der Waals surface area contributed by atoms with E-state index in [1.165, 1.54) is 10.9 Å². The van der Waals surface area contributed by atoms with Gasteiger partial charge in [0.2, 0.25) is 0 Å². The van der Waals surface area contributed by atoms with E-state index >= 15 is 0 Å². The molecule has 2 unspecified atom stereocenters. The van der Waals surface area contributed by atoms with Gasteiger partial charge in [-0.05, 0) is 55.1 Å². The van der Waals surface area contributed by atoms with E-state index in [-0.39, 0.29) is 5.82 Å². The van der Waals surface area contributed by atoms with E-state index in [4.69, 9.17) is 0 Å². The normalized spacial score (nSPS) is 25.3. The Labute approximate surface area is 100 Å². The molecule has 1 saturated heterocycles. The number of hydrogen-bond acceptors (Lipinski definition) is 1. The summed E-state index contributed by atoms with van der Waals surface area (Å²) in [6.07, 6.45) is 3.21. The Hall–Kier alpha value is -1.35. The highest BCUT2D eigenvalue weighted by atomic mass is 19.1.